The largest absolute Gasteiger partial charge is 0.465 e. The maximum absolute atomic E-state index is 12.5. The van der Waals surface area contributed by atoms with Crippen LogP contribution in [0.4, 0.5) is 0 Å². The molecule has 23 heavy (non-hydrogen) atoms. The van der Waals surface area contributed by atoms with Crippen molar-refractivity contribution < 1.29 is 18.8 Å². The first kappa shape index (κ1) is 18.5. The Hall–Kier alpha value is -0.883. The van der Waals surface area contributed by atoms with Gasteiger partial charge in [-0.25, -0.2) is 0 Å². The van der Waals surface area contributed by atoms with Crippen LogP contribution in [-0.4, -0.2) is 50.9 Å². The van der Waals surface area contributed by atoms with Gasteiger partial charge in [0, 0.05) is 25.4 Å². The van der Waals surface area contributed by atoms with E-state index in [9.17, 15) is 9.59 Å². The summed E-state index contributed by atoms with van der Waals surface area (Å²) in [6, 6.07) is 0. The van der Waals surface area contributed by atoms with Crippen LogP contribution in [0.5, 0.6) is 0 Å². The highest BCUT2D eigenvalue weighted by molar-refractivity contribution is 6.74. The first-order chi connectivity index (χ1) is 10.6. The second-order valence-electron chi connectivity index (χ2n) is 8.44. The number of esters is 1. The lowest BCUT2D eigenvalue weighted by atomic mass is 10.0. The van der Waals surface area contributed by atoms with Gasteiger partial charge in [-0.15, -0.1) is 0 Å². The summed E-state index contributed by atoms with van der Waals surface area (Å²) in [6.45, 7) is 13.1. The average Bonchev–Trinajstić information content (AvgIpc) is 2.82. The number of piperidine rings is 1. The molecule has 5 nitrogen and oxygen atoms in total. The van der Waals surface area contributed by atoms with E-state index in [1.54, 1.807) is 0 Å². The molecule has 0 unspecified atom stereocenters. The van der Waals surface area contributed by atoms with Crippen LogP contribution < -0.4 is 0 Å². The number of amides is 1. The van der Waals surface area contributed by atoms with Crippen molar-refractivity contribution in [3.63, 3.8) is 0 Å². The van der Waals surface area contributed by atoms with Gasteiger partial charge >= 0.3 is 5.97 Å². The van der Waals surface area contributed by atoms with E-state index >= 15 is 0 Å². The van der Waals surface area contributed by atoms with Crippen LogP contribution in [0, 0.1) is 5.92 Å². The van der Waals surface area contributed by atoms with Crippen molar-refractivity contribution in [3.8, 4) is 0 Å². The summed E-state index contributed by atoms with van der Waals surface area (Å²) >= 11 is 0. The number of cyclic esters (lactones) is 1. The number of hydrogen-bond donors (Lipinski definition) is 0. The normalized spacial score (nSPS) is 26.3. The molecule has 0 aromatic heterocycles. The molecule has 6 heteroatoms. The van der Waals surface area contributed by atoms with Crippen molar-refractivity contribution in [2.45, 2.75) is 70.7 Å². The smallest absolute Gasteiger partial charge is 0.306 e. The molecule has 1 amide bonds. The van der Waals surface area contributed by atoms with Crippen LogP contribution >= 0.6 is 0 Å². The van der Waals surface area contributed by atoms with Gasteiger partial charge in [-0.3, -0.25) is 9.59 Å². The predicted molar refractivity (Wildman–Crippen MR) is 91.6 cm³/mol. The van der Waals surface area contributed by atoms with E-state index in [-0.39, 0.29) is 28.9 Å². The zero-order chi connectivity index (χ0) is 17.3. The molecule has 2 aliphatic rings. The summed E-state index contributed by atoms with van der Waals surface area (Å²) in [5.41, 5.74) is 0. The topological polar surface area (TPSA) is 55.8 Å². The van der Waals surface area contributed by atoms with Crippen LogP contribution in [0.3, 0.4) is 0 Å². The molecule has 0 aromatic rings. The molecule has 0 N–H and O–H groups in total. The van der Waals surface area contributed by atoms with E-state index in [0.29, 0.717) is 26.0 Å². The Morgan fingerprint density at radius 3 is 2.65 bits per heavy atom. The third-order valence-electron chi connectivity index (χ3n) is 5.40. The lowest BCUT2D eigenvalue weighted by molar-refractivity contribution is -0.138. The SMILES string of the molecule is CC(C)(C)[Si](C)(C)O[C@@H]1CCCN(C(=O)C[C@H]2COC(=O)C2)C1. The molecule has 0 radical (unpaired) electrons. The number of nitrogens with zero attached hydrogens (tertiary/aromatic N) is 1. The highest BCUT2D eigenvalue weighted by atomic mass is 28.4. The second-order valence-corrected chi connectivity index (χ2v) is 13.2. The standard InChI is InChI=1S/C17H31NO4Si/c1-17(2,3)23(4,5)22-14-7-6-8-18(11-14)15(19)9-13-10-16(20)21-12-13/h13-14H,6-12H2,1-5H3/t13-,14-/m1/s1. The summed E-state index contributed by atoms with van der Waals surface area (Å²) in [4.78, 5) is 25.6. The first-order valence-electron chi connectivity index (χ1n) is 8.70. The van der Waals surface area contributed by atoms with Gasteiger partial charge in [0.25, 0.3) is 0 Å². The van der Waals surface area contributed by atoms with Gasteiger partial charge in [-0.2, -0.15) is 0 Å². The maximum atomic E-state index is 12.5. The monoisotopic (exact) mass is 341 g/mol. The van der Waals surface area contributed by atoms with E-state index in [1.807, 2.05) is 4.90 Å². The summed E-state index contributed by atoms with van der Waals surface area (Å²) in [6.07, 6.45) is 2.96. The van der Waals surface area contributed by atoms with Crippen LogP contribution in [0.1, 0.15) is 46.5 Å². The van der Waals surface area contributed by atoms with Gasteiger partial charge in [0.2, 0.25) is 5.91 Å². The zero-order valence-electron chi connectivity index (χ0n) is 15.2. The third kappa shape index (κ3) is 4.80. The molecule has 2 saturated heterocycles. The van der Waals surface area contributed by atoms with Crippen molar-refractivity contribution in [3.05, 3.63) is 0 Å². The van der Waals surface area contributed by atoms with Gasteiger partial charge < -0.3 is 14.1 Å². The van der Waals surface area contributed by atoms with Crippen molar-refractivity contribution in [1.29, 1.82) is 0 Å². The zero-order valence-corrected chi connectivity index (χ0v) is 16.2. The lowest BCUT2D eigenvalue weighted by Gasteiger charge is -2.42. The molecule has 0 bridgehead atoms. The first-order valence-corrected chi connectivity index (χ1v) is 11.6. The summed E-state index contributed by atoms with van der Waals surface area (Å²) in [5, 5.41) is 0.181. The summed E-state index contributed by atoms with van der Waals surface area (Å²) in [7, 11) is -1.80. The van der Waals surface area contributed by atoms with Gasteiger partial charge in [-0.1, -0.05) is 20.8 Å². The van der Waals surface area contributed by atoms with Crippen molar-refractivity contribution >= 4 is 20.2 Å². The quantitative estimate of drug-likeness (QED) is 0.583. The second kappa shape index (κ2) is 6.93. The fourth-order valence-electron chi connectivity index (χ4n) is 2.93. The molecule has 2 aliphatic heterocycles. The maximum Gasteiger partial charge on any atom is 0.306 e. The van der Waals surface area contributed by atoms with E-state index in [1.165, 1.54) is 0 Å². The number of likely N-dealkylation sites (tertiary alicyclic amines) is 1. The summed E-state index contributed by atoms with van der Waals surface area (Å²) < 4.78 is 11.4. The Bertz CT molecular complexity index is 458. The number of carbonyl (C=O) groups excluding carboxylic acids is 2. The van der Waals surface area contributed by atoms with Crippen molar-refractivity contribution in [1.82, 2.24) is 4.90 Å². The Morgan fingerprint density at radius 2 is 2.09 bits per heavy atom. The number of ether oxygens (including phenoxy) is 1. The third-order valence-corrected chi connectivity index (χ3v) is 9.93. The van der Waals surface area contributed by atoms with Gasteiger partial charge in [0.05, 0.1) is 19.1 Å². The van der Waals surface area contributed by atoms with Gasteiger partial charge in [0.1, 0.15) is 0 Å². The molecule has 2 atom stereocenters. The number of hydrogen-bond acceptors (Lipinski definition) is 4. The van der Waals surface area contributed by atoms with Crippen LogP contribution in [0.2, 0.25) is 18.1 Å². The lowest BCUT2D eigenvalue weighted by Crippen LogP contribution is -2.50. The molecule has 2 rings (SSSR count). The Morgan fingerprint density at radius 1 is 1.39 bits per heavy atom. The van der Waals surface area contributed by atoms with E-state index in [2.05, 4.69) is 33.9 Å². The molecule has 2 fully saturated rings. The van der Waals surface area contributed by atoms with E-state index in [4.69, 9.17) is 9.16 Å². The predicted octanol–water partition coefficient (Wildman–Crippen LogP) is 2.95. The van der Waals surface area contributed by atoms with E-state index < -0.39 is 8.32 Å². The molecule has 2 heterocycles. The molecular formula is C17H31NO4Si. The molecule has 0 saturated carbocycles. The highest BCUT2D eigenvalue weighted by Crippen LogP contribution is 2.38. The minimum atomic E-state index is -1.80. The van der Waals surface area contributed by atoms with E-state index in [0.717, 1.165) is 19.4 Å². The molecule has 132 valence electrons. The molecule has 0 spiro atoms. The fourth-order valence-corrected chi connectivity index (χ4v) is 4.31. The minimum absolute atomic E-state index is 0.0525. The van der Waals surface area contributed by atoms with Crippen molar-refractivity contribution in [2.24, 2.45) is 5.92 Å². The Kier molecular flexibility index (Phi) is 5.56. The summed E-state index contributed by atoms with van der Waals surface area (Å²) in [5.74, 6) is 0.00842. The van der Waals surface area contributed by atoms with Crippen LogP contribution in [0.25, 0.3) is 0 Å². The van der Waals surface area contributed by atoms with Gasteiger partial charge in [0.15, 0.2) is 8.32 Å². The molecule has 0 aromatic carbocycles. The van der Waals surface area contributed by atoms with Crippen molar-refractivity contribution in [2.75, 3.05) is 19.7 Å². The highest BCUT2D eigenvalue weighted by Gasteiger charge is 2.40. The van der Waals surface area contributed by atoms with Gasteiger partial charge in [-0.05, 0) is 31.0 Å². The Labute approximate surface area is 140 Å². The number of rotatable bonds is 4. The van der Waals surface area contributed by atoms with Crippen LogP contribution in [0.15, 0.2) is 0 Å². The average molecular weight is 342 g/mol. The number of carbonyl (C=O) groups is 2. The Balaban J connectivity index is 1.87. The fraction of sp³-hybridized carbons (Fsp3) is 0.882. The molecule has 0 aliphatic carbocycles. The molecular weight excluding hydrogens is 310 g/mol. The minimum Gasteiger partial charge on any atom is -0.465 e. The van der Waals surface area contributed by atoms with Crippen LogP contribution in [-0.2, 0) is 18.8 Å².